The number of H-pyrrole nitrogens is 1. The lowest BCUT2D eigenvalue weighted by atomic mass is 10.3. The van der Waals surface area contributed by atoms with E-state index in [0.29, 0.717) is 12.2 Å². The Bertz CT molecular complexity index is 809. The van der Waals surface area contributed by atoms with Crippen molar-refractivity contribution in [2.24, 2.45) is 0 Å². The first-order chi connectivity index (χ1) is 12.5. The first kappa shape index (κ1) is 18.7. The maximum atomic E-state index is 13.0. The number of nitrogens with one attached hydrogen (secondary N) is 2. The SMILES string of the molecule is CCN(c1ccccc1)S(=O)(=O)c1ccc(N2CCC[NH+](C)CC2)[nH+]c1. The molecule has 2 heterocycles. The van der Waals surface area contributed by atoms with Crippen LogP contribution < -0.4 is 19.1 Å². The van der Waals surface area contributed by atoms with Gasteiger partial charge in [0.15, 0.2) is 0 Å². The molecule has 140 valence electrons. The molecule has 1 unspecified atom stereocenters. The number of pyridine rings is 1. The van der Waals surface area contributed by atoms with Crippen molar-refractivity contribution < 1.29 is 18.3 Å². The second kappa shape index (κ2) is 8.05. The Kier molecular flexibility index (Phi) is 5.78. The van der Waals surface area contributed by atoms with Crippen LogP contribution in [0.4, 0.5) is 11.5 Å². The third kappa shape index (κ3) is 3.99. The van der Waals surface area contributed by atoms with Crippen molar-refractivity contribution in [3.8, 4) is 0 Å². The monoisotopic (exact) mass is 376 g/mol. The number of sulfonamides is 1. The van der Waals surface area contributed by atoms with E-state index in [0.717, 1.165) is 31.9 Å². The van der Waals surface area contributed by atoms with E-state index in [9.17, 15) is 8.42 Å². The number of likely N-dealkylation sites (N-methyl/N-ethyl adjacent to an activating group) is 1. The van der Waals surface area contributed by atoms with Gasteiger partial charge in [0, 0.05) is 19.0 Å². The van der Waals surface area contributed by atoms with Gasteiger partial charge in [0.1, 0.15) is 24.2 Å². The molecule has 1 saturated heterocycles. The largest absolute Gasteiger partial charge is 0.334 e. The molecule has 1 fully saturated rings. The maximum Gasteiger partial charge on any atom is 0.274 e. The van der Waals surface area contributed by atoms with Gasteiger partial charge in [-0.15, -0.1) is 0 Å². The number of aromatic nitrogens is 1. The number of anilines is 2. The number of quaternary nitrogens is 1. The Morgan fingerprint density at radius 2 is 1.88 bits per heavy atom. The molecule has 0 aliphatic carbocycles. The second-order valence-corrected chi connectivity index (χ2v) is 8.57. The highest BCUT2D eigenvalue weighted by Gasteiger charge is 2.26. The van der Waals surface area contributed by atoms with Gasteiger partial charge in [-0.3, -0.25) is 9.21 Å². The molecule has 6 nitrogen and oxygen atoms in total. The predicted molar refractivity (Wildman–Crippen MR) is 103 cm³/mol. The molecule has 1 atom stereocenters. The highest BCUT2D eigenvalue weighted by atomic mass is 32.2. The van der Waals surface area contributed by atoms with E-state index in [1.165, 1.54) is 15.7 Å². The summed E-state index contributed by atoms with van der Waals surface area (Å²) < 4.78 is 27.5. The summed E-state index contributed by atoms with van der Waals surface area (Å²) in [6.45, 7) is 6.45. The fraction of sp³-hybridized carbons (Fsp3) is 0.421. The zero-order valence-corrected chi connectivity index (χ0v) is 16.3. The van der Waals surface area contributed by atoms with E-state index >= 15 is 0 Å². The molecule has 1 aromatic heterocycles. The lowest BCUT2D eigenvalue weighted by Crippen LogP contribution is -3.09. The van der Waals surface area contributed by atoms with E-state index in [-0.39, 0.29) is 4.90 Å². The number of nitrogens with zero attached hydrogens (tertiary/aromatic N) is 2. The van der Waals surface area contributed by atoms with Crippen LogP contribution in [-0.4, -0.2) is 48.2 Å². The first-order valence-corrected chi connectivity index (χ1v) is 10.6. The van der Waals surface area contributed by atoms with E-state index in [2.05, 4.69) is 16.9 Å². The normalized spacial score (nSPS) is 18.4. The van der Waals surface area contributed by atoms with Gasteiger partial charge >= 0.3 is 0 Å². The van der Waals surface area contributed by atoms with Crippen LogP contribution in [0, 0.1) is 0 Å². The standard InChI is InChI=1S/C19H26N4O2S/c1-3-23(17-8-5-4-6-9-17)26(24,25)18-10-11-19(20-16-18)22-13-7-12-21(2)14-15-22/h4-6,8-11,16H,3,7,12-15H2,1-2H3/p+2. The molecular formula is C19H28N4O2S+2. The zero-order chi connectivity index (χ0) is 18.6. The van der Waals surface area contributed by atoms with E-state index in [4.69, 9.17) is 0 Å². The molecule has 1 aliphatic rings. The molecule has 0 spiro atoms. The average Bonchev–Trinajstić information content (AvgIpc) is 2.88. The number of aromatic amines is 1. The fourth-order valence-electron chi connectivity index (χ4n) is 3.35. The molecule has 1 aromatic carbocycles. The van der Waals surface area contributed by atoms with Gasteiger partial charge in [0.2, 0.25) is 0 Å². The summed E-state index contributed by atoms with van der Waals surface area (Å²) in [6, 6.07) is 12.8. The van der Waals surface area contributed by atoms with Crippen molar-refractivity contribution in [2.75, 3.05) is 49.0 Å². The fourth-order valence-corrected chi connectivity index (χ4v) is 4.79. The van der Waals surface area contributed by atoms with Crippen LogP contribution in [0.3, 0.4) is 0 Å². The zero-order valence-electron chi connectivity index (χ0n) is 15.5. The lowest BCUT2D eigenvalue weighted by Gasteiger charge is -2.22. The van der Waals surface area contributed by atoms with Crippen LogP contribution in [0.2, 0.25) is 0 Å². The minimum atomic E-state index is -3.59. The Morgan fingerprint density at radius 1 is 1.12 bits per heavy atom. The molecule has 3 rings (SSSR count). The van der Waals surface area contributed by atoms with Gasteiger partial charge < -0.3 is 4.90 Å². The van der Waals surface area contributed by atoms with Crippen LogP contribution in [0.15, 0.2) is 53.6 Å². The van der Waals surface area contributed by atoms with Gasteiger partial charge in [-0.1, -0.05) is 18.2 Å². The van der Waals surface area contributed by atoms with E-state index in [1.54, 1.807) is 12.3 Å². The summed E-state index contributed by atoms with van der Waals surface area (Å²) in [5.41, 5.74) is 0.678. The molecule has 0 radical (unpaired) electrons. The van der Waals surface area contributed by atoms with Gasteiger partial charge in [-0.25, -0.2) is 13.4 Å². The molecule has 0 saturated carbocycles. The van der Waals surface area contributed by atoms with Crippen molar-refractivity contribution in [3.05, 3.63) is 48.7 Å². The van der Waals surface area contributed by atoms with E-state index in [1.807, 2.05) is 43.3 Å². The number of para-hydroxylation sites is 1. The molecule has 1 aliphatic heterocycles. The third-order valence-electron chi connectivity index (χ3n) is 4.87. The molecule has 0 amide bonds. The maximum absolute atomic E-state index is 13.0. The summed E-state index contributed by atoms with van der Waals surface area (Å²) in [5, 5.41) is 0. The summed E-state index contributed by atoms with van der Waals surface area (Å²) in [4.78, 5) is 7.31. The van der Waals surface area contributed by atoms with Crippen LogP contribution in [-0.2, 0) is 10.0 Å². The molecular weight excluding hydrogens is 348 g/mol. The van der Waals surface area contributed by atoms with Gasteiger partial charge in [0.25, 0.3) is 15.8 Å². The van der Waals surface area contributed by atoms with Crippen LogP contribution in [0.5, 0.6) is 0 Å². The van der Waals surface area contributed by atoms with Crippen molar-refractivity contribution in [1.29, 1.82) is 0 Å². The van der Waals surface area contributed by atoms with Crippen molar-refractivity contribution in [3.63, 3.8) is 0 Å². The third-order valence-corrected chi connectivity index (χ3v) is 6.77. The highest BCUT2D eigenvalue weighted by Crippen LogP contribution is 2.23. The Morgan fingerprint density at radius 3 is 2.54 bits per heavy atom. The molecule has 7 heteroatoms. The summed E-state index contributed by atoms with van der Waals surface area (Å²) in [6.07, 6.45) is 2.75. The number of hydrogen-bond acceptors (Lipinski definition) is 3. The highest BCUT2D eigenvalue weighted by molar-refractivity contribution is 7.92. The van der Waals surface area contributed by atoms with Crippen LogP contribution >= 0.6 is 0 Å². The topological polar surface area (TPSA) is 59.2 Å². The van der Waals surface area contributed by atoms with Gasteiger partial charge in [-0.2, -0.15) is 0 Å². The van der Waals surface area contributed by atoms with Crippen LogP contribution in [0.25, 0.3) is 0 Å². The number of rotatable bonds is 5. The van der Waals surface area contributed by atoms with Crippen molar-refractivity contribution in [1.82, 2.24) is 0 Å². The molecule has 26 heavy (non-hydrogen) atoms. The Balaban J connectivity index is 1.82. The first-order valence-electron chi connectivity index (χ1n) is 9.18. The van der Waals surface area contributed by atoms with E-state index < -0.39 is 10.0 Å². The number of hydrogen-bond donors (Lipinski definition) is 1. The van der Waals surface area contributed by atoms with Crippen LogP contribution in [0.1, 0.15) is 13.3 Å². The summed E-state index contributed by atoms with van der Waals surface area (Å²) in [5.74, 6) is 0.974. The quantitative estimate of drug-likeness (QED) is 0.824. The van der Waals surface area contributed by atoms with Gasteiger partial charge in [-0.05, 0) is 25.1 Å². The van der Waals surface area contributed by atoms with Crippen molar-refractivity contribution in [2.45, 2.75) is 18.2 Å². The second-order valence-electron chi connectivity index (χ2n) is 6.71. The van der Waals surface area contributed by atoms with Crippen molar-refractivity contribution >= 4 is 21.5 Å². The minimum Gasteiger partial charge on any atom is -0.334 e. The predicted octanol–water partition coefficient (Wildman–Crippen LogP) is 0.441. The minimum absolute atomic E-state index is 0.282. The molecule has 2 N–H and O–H groups in total. The summed E-state index contributed by atoms with van der Waals surface area (Å²) >= 11 is 0. The lowest BCUT2D eigenvalue weighted by molar-refractivity contribution is -0.876. The Hall–Kier alpha value is -2.12. The summed E-state index contributed by atoms with van der Waals surface area (Å²) in [7, 11) is -1.37. The van der Waals surface area contributed by atoms with Gasteiger partial charge in [0.05, 0.1) is 25.8 Å². The molecule has 2 aromatic rings. The smallest absolute Gasteiger partial charge is 0.274 e. The Labute approximate surface area is 156 Å². The molecule has 0 bridgehead atoms. The average molecular weight is 377 g/mol. The number of benzene rings is 1.